The normalized spacial score (nSPS) is 11.8. The lowest BCUT2D eigenvalue weighted by Gasteiger charge is -2.21. The first-order valence-electron chi connectivity index (χ1n) is 18.1. The highest BCUT2D eigenvalue weighted by molar-refractivity contribution is 4.63. The lowest BCUT2D eigenvalue weighted by Crippen LogP contribution is -2.29. The Kier molecular flexibility index (Phi) is 33.1. The first-order chi connectivity index (χ1) is 18.8. The Labute approximate surface area is 242 Å². The van der Waals surface area contributed by atoms with E-state index in [-0.39, 0.29) is 0 Å². The van der Waals surface area contributed by atoms with Gasteiger partial charge in [-0.15, -0.1) is 0 Å². The second-order valence-electron chi connectivity index (χ2n) is 12.6. The molecule has 0 saturated carbocycles. The van der Waals surface area contributed by atoms with Crippen molar-refractivity contribution in [2.45, 2.75) is 201 Å². The molecule has 2 nitrogen and oxygen atoms in total. The smallest absolute Gasteiger partial charge is 0.0558 e. The molecule has 0 aromatic rings. The van der Waals surface area contributed by atoms with Crippen LogP contribution in [-0.2, 0) is 0 Å². The molecule has 0 aromatic carbocycles. The van der Waals surface area contributed by atoms with E-state index in [1.165, 1.54) is 193 Å². The fourth-order valence-electron chi connectivity index (χ4n) is 6.10. The van der Waals surface area contributed by atoms with Gasteiger partial charge in [0, 0.05) is 6.54 Å². The molecular weight excluding hydrogens is 462 g/mol. The molecule has 0 aromatic heterocycles. The molecule has 0 aliphatic carbocycles. The van der Waals surface area contributed by atoms with E-state index < -0.39 is 0 Å². The highest BCUT2D eigenvalue weighted by Gasteiger charge is 2.09. The van der Waals surface area contributed by atoms with E-state index in [9.17, 15) is 5.11 Å². The van der Waals surface area contributed by atoms with Crippen LogP contribution in [0.1, 0.15) is 201 Å². The molecule has 0 saturated heterocycles. The van der Waals surface area contributed by atoms with Crippen molar-refractivity contribution in [1.29, 1.82) is 0 Å². The molecule has 230 valence electrons. The van der Waals surface area contributed by atoms with E-state index in [1.807, 2.05) is 0 Å². The summed E-state index contributed by atoms with van der Waals surface area (Å²) in [6.07, 6.45) is 39.9. The van der Waals surface area contributed by atoms with Crippen molar-refractivity contribution >= 4 is 0 Å². The topological polar surface area (TPSA) is 23.5 Å². The Morgan fingerprint density at radius 2 is 0.658 bits per heavy atom. The zero-order valence-corrected chi connectivity index (χ0v) is 27.1. The lowest BCUT2D eigenvalue weighted by molar-refractivity contribution is 0.190. The highest BCUT2D eigenvalue weighted by Crippen LogP contribution is 2.25. The Morgan fingerprint density at radius 1 is 0.368 bits per heavy atom. The summed E-state index contributed by atoms with van der Waals surface area (Å²) in [5.74, 6) is 1.01. The molecule has 0 aliphatic heterocycles. The van der Waals surface area contributed by atoms with Gasteiger partial charge in [0.2, 0.25) is 0 Å². The van der Waals surface area contributed by atoms with Crippen molar-refractivity contribution in [2.75, 3.05) is 26.2 Å². The monoisotopic (exact) mass is 538 g/mol. The fourth-order valence-corrected chi connectivity index (χ4v) is 6.10. The Hall–Kier alpha value is -0.0800. The van der Waals surface area contributed by atoms with E-state index in [1.54, 1.807) is 0 Å². The third-order valence-corrected chi connectivity index (χ3v) is 8.76. The molecule has 0 atom stereocenters. The molecular formula is C36H75NO. The van der Waals surface area contributed by atoms with Crippen LogP contribution >= 0.6 is 0 Å². The van der Waals surface area contributed by atoms with Gasteiger partial charge in [0.25, 0.3) is 0 Å². The van der Waals surface area contributed by atoms with Crippen molar-refractivity contribution in [1.82, 2.24) is 4.90 Å². The third-order valence-electron chi connectivity index (χ3n) is 8.76. The van der Waals surface area contributed by atoms with Crippen LogP contribution in [0.15, 0.2) is 0 Å². The Bertz CT molecular complexity index is 396. The molecule has 38 heavy (non-hydrogen) atoms. The zero-order valence-electron chi connectivity index (χ0n) is 27.1. The molecule has 0 heterocycles. The van der Waals surface area contributed by atoms with Crippen LogP contribution in [0.25, 0.3) is 0 Å². The van der Waals surface area contributed by atoms with Crippen LogP contribution in [0.2, 0.25) is 0 Å². The van der Waals surface area contributed by atoms with Gasteiger partial charge in [0.05, 0.1) is 6.61 Å². The number of hydrogen-bond acceptors (Lipinski definition) is 2. The summed E-state index contributed by atoms with van der Waals surface area (Å²) >= 11 is 0. The van der Waals surface area contributed by atoms with E-state index >= 15 is 0 Å². The summed E-state index contributed by atoms with van der Waals surface area (Å²) < 4.78 is 0. The zero-order chi connectivity index (χ0) is 27.8. The highest BCUT2D eigenvalue weighted by atomic mass is 16.3. The molecule has 0 fully saturated rings. The molecule has 0 spiro atoms. The summed E-state index contributed by atoms with van der Waals surface area (Å²) in [7, 11) is 0. The van der Waals surface area contributed by atoms with Gasteiger partial charge in [-0.1, -0.05) is 188 Å². The Morgan fingerprint density at radius 3 is 0.974 bits per heavy atom. The first kappa shape index (κ1) is 37.9. The van der Waals surface area contributed by atoms with Crippen LogP contribution in [0.5, 0.6) is 0 Å². The van der Waals surface area contributed by atoms with Crippen molar-refractivity contribution < 1.29 is 5.11 Å². The molecule has 0 unspecified atom stereocenters. The van der Waals surface area contributed by atoms with Gasteiger partial charge in [-0.25, -0.2) is 0 Å². The number of nitrogens with zero attached hydrogens (tertiary/aromatic N) is 1. The van der Waals surface area contributed by atoms with Crippen molar-refractivity contribution in [3.05, 3.63) is 0 Å². The van der Waals surface area contributed by atoms with Gasteiger partial charge in [0.1, 0.15) is 0 Å². The molecule has 0 radical (unpaired) electrons. The number of rotatable bonds is 33. The number of hydrogen-bond donors (Lipinski definition) is 1. The molecule has 1 N–H and O–H groups in total. The van der Waals surface area contributed by atoms with E-state index in [0.717, 1.165) is 12.5 Å². The standard InChI is InChI=1S/C36H75NO/c1-4-7-10-13-19-24-29-36(30-25-20-14-11-8-5-2)31-26-21-17-16-18-23-28-33-37(34-35-38)32-27-22-15-12-9-6-3/h36,38H,4-35H2,1-3H3. The molecule has 2 heteroatoms. The predicted octanol–water partition coefficient (Wildman–Crippen LogP) is 11.9. The maximum Gasteiger partial charge on any atom is 0.0558 e. The summed E-state index contributed by atoms with van der Waals surface area (Å²) in [6, 6.07) is 0. The molecule has 0 amide bonds. The van der Waals surface area contributed by atoms with Crippen LogP contribution in [-0.4, -0.2) is 36.2 Å². The van der Waals surface area contributed by atoms with E-state index in [4.69, 9.17) is 0 Å². The maximum absolute atomic E-state index is 9.41. The summed E-state index contributed by atoms with van der Waals surface area (Å²) in [5.41, 5.74) is 0. The molecule has 0 bridgehead atoms. The minimum absolute atomic E-state index is 0.314. The van der Waals surface area contributed by atoms with Crippen molar-refractivity contribution in [3.63, 3.8) is 0 Å². The van der Waals surface area contributed by atoms with Crippen LogP contribution in [0.4, 0.5) is 0 Å². The van der Waals surface area contributed by atoms with Gasteiger partial charge in [-0.05, 0) is 31.8 Å². The summed E-state index contributed by atoms with van der Waals surface area (Å²) in [6.45, 7) is 10.5. The Balaban J connectivity index is 3.87. The second-order valence-corrected chi connectivity index (χ2v) is 12.6. The SMILES string of the molecule is CCCCCCCCC(CCCCCCCC)CCCCCCCCCN(CCO)CCCCCCCC. The average molecular weight is 538 g/mol. The van der Waals surface area contributed by atoms with Crippen molar-refractivity contribution in [3.8, 4) is 0 Å². The average Bonchev–Trinajstić information content (AvgIpc) is 2.92. The molecule has 0 rings (SSSR count). The van der Waals surface area contributed by atoms with Gasteiger partial charge >= 0.3 is 0 Å². The predicted molar refractivity (Wildman–Crippen MR) is 173 cm³/mol. The summed E-state index contributed by atoms with van der Waals surface area (Å²) in [4.78, 5) is 2.51. The van der Waals surface area contributed by atoms with Crippen molar-refractivity contribution in [2.24, 2.45) is 5.92 Å². The van der Waals surface area contributed by atoms with E-state index in [2.05, 4.69) is 25.7 Å². The number of unbranched alkanes of at least 4 members (excludes halogenated alkanes) is 21. The van der Waals surface area contributed by atoms with Gasteiger partial charge < -0.3 is 10.0 Å². The number of aliphatic hydroxyl groups excluding tert-OH is 1. The quantitative estimate of drug-likeness (QED) is 0.0841. The largest absolute Gasteiger partial charge is 0.395 e. The minimum Gasteiger partial charge on any atom is -0.395 e. The minimum atomic E-state index is 0.314. The van der Waals surface area contributed by atoms with Crippen LogP contribution < -0.4 is 0 Å². The second kappa shape index (κ2) is 33.1. The van der Waals surface area contributed by atoms with E-state index in [0.29, 0.717) is 6.61 Å². The third kappa shape index (κ3) is 28.9. The fraction of sp³-hybridized carbons (Fsp3) is 1.00. The summed E-state index contributed by atoms with van der Waals surface area (Å²) in [5, 5.41) is 9.41. The van der Waals surface area contributed by atoms with Gasteiger partial charge in [0.15, 0.2) is 0 Å². The van der Waals surface area contributed by atoms with Gasteiger partial charge in [-0.3, -0.25) is 0 Å². The van der Waals surface area contributed by atoms with Gasteiger partial charge in [-0.2, -0.15) is 0 Å². The number of aliphatic hydroxyl groups is 1. The molecule has 0 aliphatic rings. The van der Waals surface area contributed by atoms with Crippen LogP contribution in [0, 0.1) is 5.92 Å². The lowest BCUT2D eigenvalue weighted by atomic mass is 9.89. The van der Waals surface area contributed by atoms with Crippen LogP contribution in [0.3, 0.4) is 0 Å². The first-order valence-corrected chi connectivity index (χ1v) is 18.1. The maximum atomic E-state index is 9.41.